The Morgan fingerprint density at radius 3 is 2.35 bits per heavy atom. The molecule has 1 aromatic rings. The van der Waals surface area contributed by atoms with Gasteiger partial charge in [0.25, 0.3) is 0 Å². The van der Waals surface area contributed by atoms with E-state index in [1.807, 2.05) is 38.1 Å². The van der Waals surface area contributed by atoms with E-state index in [9.17, 15) is 9.59 Å². The van der Waals surface area contributed by atoms with Crippen molar-refractivity contribution in [1.82, 2.24) is 4.90 Å². The number of carbonyl (C=O) groups excluding carboxylic acids is 1. The molecule has 20 heavy (non-hydrogen) atoms. The molecule has 1 aromatic carbocycles. The number of nitrogens with zero attached hydrogens (tertiary/aromatic N) is 1. The summed E-state index contributed by atoms with van der Waals surface area (Å²) in [6.45, 7) is 4.00. The number of benzene rings is 1. The largest absolute Gasteiger partial charge is 0.481 e. The molecule has 4 heteroatoms. The van der Waals surface area contributed by atoms with E-state index in [1.54, 1.807) is 11.9 Å². The lowest BCUT2D eigenvalue weighted by Crippen LogP contribution is -2.45. The van der Waals surface area contributed by atoms with Gasteiger partial charge < -0.3 is 10.0 Å². The average molecular weight is 275 g/mol. The molecular formula is C16H21NO3. The maximum absolute atomic E-state index is 12.4. The van der Waals surface area contributed by atoms with Crippen LogP contribution in [0.3, 0.4) is 0 Å². The summed E-state index contributed by atoms with van der Waals surface area (Å²) in [6.07, 6.45) is 1.29. The van der Waals surface area contributed by atoms with Crippen LogP contribution in [0.25, 0.3) is 0 Å². The number of hydrogen-bond donors (Lipinski definition) is 1. The molecule has 0 radical (unpaired) electrons. The van der Waals surface area contributed by atoms with Crippen molar-refractivity contribution in [2.75, 3.05) is 7.05 Å². The SMILES string of the molecule is Cc1ccccc1C(C)N(C)C(=O)C1CCC1C(=O)O. The van der Waals surface area contributed by atoms with Crippen LogP contribution in [-0.4, -0.2) is 28.9 Å². The Morgan fingerprint density at radius 2 is 1.85 bits per heavy atom. The van der Waals surface area contributed by atoms with Crippen LogP contribution in [-0.2, 0) is 9.59 Å². The van der Waals surface area contributed by atoms with Gasteiger partial charge in [-0.1, -0.05) is 24.3 Å². The molecule has 1 saturated carbocycles. The van der Waals surface area contributed by atoms with E-state index in [1.165, 1.54) is 0 Å². The lowest BCUT2D eigenvalue weighted by Gasteiger charge is -2.37. The topological polar surface area (TPSA) is 57.6 Å². The van der Waals surface area contributed by atoms with E-state index in [-0.39, 0.29) is 17.9 Å². The zero-order valence-electron chi connectivity index (χ0n) is 12.2. The zero-order valence-corrected chi connectivity index (χ0v) is 12.2. The van der Waals surface area contributed by atoms with E-state index in [0.717, 1.165) is 11.1 Å². The fourth-order valence-electron chi connectivity index (χ4n) is 2.81. The monoisotopic (exact) mass is 275 g/mol. The molecule has 0 bridgehead atoms. The first kappa shape index (κ1) is 14.6. The number of carbonyl (C=O) groups is 2. The van der Waals surface area contributed by atoms with Gasteiger partial charge in [-0.3, -0.25) is 9.59 Å². The average Bonchev–Trinajstić information content (AvgIpc) is 2.35. The summed E-state index contributed by atoms with van der Waals surface area (Å²) < 4.78 is 0. The second-order valence-electron chi connectivity index (χ2n) is 5.61. The molecular weight excluding hydrogens is 254 g/mol. The summed E-state index contributed by atoms with van der Waals surface area (Å²) in [6, 6.07) is 7.92. The van der Waals surface area contributed by atoms with E-state index in [0.29, 0.717) is 12.8 Å². The lowest BCUT2D eigenvalue weighted by molar-refractivity contribution is -0.156. The summed E-state index contributed by atoms with van der Waals surface area (Å²) >= 11 is 0. The van der Waals surface area contributed by atoms with Crippen LogP contribution < -0.4 is 0 Å². The first-order valence-electron chi connectivity index (χ1n) is 6.98. The number of carboxylic acid groups (broad SMARTS) is 1. The van der Waals surface area contributed by atoms with Crippen molar-refractivity contribution in [2.45, 2.75) is 32.7 Å². The first-order chi connectivity index (χ1) is 9.43. The summed E-state index contributed by atoms with van der Waals surface area (Å²) in [5.74, 6) is -1.77. The second-order valence-corrected chi connectivity index (χ2v) is 5.61. The molecule has 3 atom stereocenters. The van der Waals surface area contributed by atoms with Crippen LogP contribution in [0.4, 0.5) is 0 Å². The van der Waals surface area contributed by atoms with Crippen molar-refractivity contribution in [2.24, 2.45) is 11.8 Å². The number of carboxylic acids is 1. The maximum atomic E-state index is 12.4. The summed E-state index contributed by atoms with van der Waals surface area (Å²) in [4.78, 5) is 25.2. The first-order valence-corrected chi connectivity index (χ1v) is 6.98. The van der Waals surface area contributed by atoms with Crippen molar-refractivity contribution in [3.8, 4) is 0 Å². The molecule has 4 nitrogen and oxygen atoms in total. The maximum Gasteiger partial charge on any atom is 0.307 e. The van der Waals surface area contributed by atoms with Crippen LogP contribution in [0.15, 0.2) is 24.3 Å². The third-order valence-corrected chi connectivity index (χ3v) is 4.48. The molecule has 0 aromatic heterocycles. The van der Waals surface area contributed by atoms with E-state index < -0.39 is 11.9 Å². The number of hydrogen-bond acceptors (Lipinski definition) is 2. The fourth-order valence-corrected chi connectivity index (χ4v) is 2.81. The van der Waals surface area contributed by atoms with Gasteiger partial charge in [-0.25, -0.2) is 0 Å². The minimum absolute atomic E-state index is 0.0428. The van der Waals surface area contributed by atoms with Gasteiger partial charge in [0.1, 0.15) is 0 Å². The Balaban J connectivity index is 2.11. The molecule has 0 aliphatic heterocycles. The lowest BCUT2D eigenvalue weighted by atomic mass is 9.72. The number of rotatable bonds is 4. The Bertz CT molecular complexity index is 526. The molecule has 0 spiro atoms. The number of aryl methyl sites for hydroxylation is 1. The summed E-state index contributed by atoms with van der Waals surface area (Å²) in [7, 11) is 1.76. The van der Waals surface area contributed by atoms with Gasteiger partial charge in [0, 0.05) is 7.05 Å². The molecule has 3 unspecified atom stereocenters. The van der Waals surface area contributed by atoms with Gasteiger partial charge in [0.05, 0.1) is 17.9 Å². The quantitative estimate of drug-likeness (QED) is 0.919. The van der Waals surface area contributed by atoms with E-state index in [4.69, 9.17) is 5.11 Å². The minimum atomic E-state index is -0.855. The molecule has 1 N–H and O–H groups in total. The highest BCUT2D eigenvalue weighted by Gasteiger charge is 2.43. The standard InChI is InChI=1S/C16H21NO3/c1-10-6-4-5-7-12(10)11(2)17(3)15(18)13-8-9-14(13)16(19)20/h4-7,11,13-14H,8-9H2,1-3H3,(H,19,20). The van der Waals surface area contributed by atoms with E-state index >= 15 is 0 Å². The number of aliphatic carboxylic acids is 1. The number of amides is 1. The van der Waals surface area contributed by atoms with Gasteiger partial charge in [0.15, 0.2) is 0 Å². The van der Waals surface area contributed by atoms with Crippen LogP contribution in [0, 0.1) is 18.8 Å². The molecule has 1 aliphatic carbocycles. The Morgan fingerprint density at radius 1 is 1.25 bits per heavy atom. The van der Waals surface area contributed by atoms with Gasteiger partial charge >= 0.3 is 5.97 Å². The molecule has 2 rings (SSSR count). The molecule has 1 aliphatic rings. The van der Waals surface area contributed by atoms with Gasteiger partial charge in [-0.2, -0.15) is 0 Å². The zero-order chi connectivity index (χ0) is 14.9. The highest BCUT2D eigenvalue weighted by molar-refractivity contribution is 5.86. The Kier molecular flexibility index (Phi) is 4.12. The van der Waals surface area contributed by atoms with Crippen molar-refractivity contribution < 1.29 is 14.7 Å². The predicted molar refractivity (Wildman–Crippen MR) is 76.2 cm³/mol. The van der Waals surface area contributed by atoms with Crippen molar-refractivity contribution >= 4 is 11.9 Å². The molecule has 0 saturated heterocycles. The van der Waals surface area contributed by atoms with Crippen LogP contribution >= 0.6 is 0 Å². The summed E-state index contributed by atoms with van der Waals surface area (Å²) in [5, 5.41) is 9.06. The van der Waals surface area contributed by atoms with Crippen molar-refractivity contribution in [3.63, 3.8) is 0 Å². The van der Waals surface area contributed by atoms with Crippen LogP contribution in [0.5, 0.6) is 0 Å². The second kappa shape index (κ2) is 5.65. The van der Waals surface area contributed by atoms with Crippen LogP contribution in [0.1, 0.15) is 36.9 Å². The summed E-state index contributed by atoms with van der Waals surface area (Å²) in [5.41, 5.74) is 2.25. The third-order valence-electron chi connectivity index (χ3n) is 4.48. The van der Waals surface area contributed by atoms with E-state index in [2.05, 4.69) is 0 Å². The minimum Gasteiger partial charge on any atom is -0.481 e. The molecule has 1 fully saturated rings. The van der Waals surface area contributed by atoms with Gasteiger partial charge in [-0.05, 0) is 37.8 Å². The normalized spacial score (nSPS) is 22.8. The third kappa shape index (κ3) is 2.55. The molecule has 1 amide bonds. The van der Waals surface area contributed by atoms with Crippen LogP contribution in [0.2, 0.25) is 0 Å². The highest BCUT2D eigenvalue weighted by Crippen LogP contribution is 2.37. The predicted octanol–water partition coefficient (Wildman–Crippen LogP) is 2.63. The Labute approximate surface area is 119 Å². The van der Waals surface area contributed by atoms with Gasteiger partial charge in [0.2, 0.25) is 5.91 Å². The Hall–Kier alpha value is -1.84. The highest BCUT2D eigenvalue weighted by atomic mass is 16.4. The van der Waals surface area contributed by atoms with Crippen molar-refractivity contribution in [3.05, 3.63) is 35.4 Å². The van der Waals surface area contributed by atoms with Crippen molar-refractivity contribution in [1.29, 1.82) is 0 Å². The smallest absolute Gasteiger partial charge is 0.307 e. The molecule has 0 heterocycles. The molecule has 108 valence electrons. The fraction of sp³-hybridized carbons (Fsp3) is 0.500. The van der Waals surface area contributed by atoms with Gasteiger partial charge in [-0.15, -0.1) is 0 Å².